The Labute approximate surface area is 145 Å². The number of benzene rings is 2. The molecular formula is C17H12BrFN2O3. The van der Waals surface area contributed by atoms with Crippen molar-refractivity contribution in [2.75, 3.05) is 11.9 Å². The second-order valence-electron chi connectivity index (χ2n) is 5.42. The highest BCUT2D eigenvalue weighted by Crippen LogP contribution is 2.26. The van der Waals surface area contributed by atoms with Gasteiger partial charge in [-0.25, -0.2) is 4.39 Å². The second-order valence-corrected chi connectivity index (χ2v) is 6.33. The lowest BCUT2D eigenvalue weighted by atomic mass is 10.1. The fraction of sp³-hybridized carbons (Fsp3) is 0.118. The van der Waals surface area contributed by atoms with Gasteiger partial charge in [0.2, 0.25) is 5.91 Å². The molecule has 1 aliphatic rings. The number of rotatable bonds is 3. The number of hydrogen-bond acceptors (Lipinski definition) is 3. The third kappa shape index (κ3) is 2.94. The lowest BCUT2D eigenvalue weighted by Gasteiger charge is -2.14. The highest BCUT2D eigenvalue weighted by atomic mass is 79.9. The summed E-state index contributed by atoms with van der Waals surface area (Å²) in [6.07, 6.45) is 0. The molecule has 0 unspecified atom stereocenters. The molecule has 0 aromatic heterocycles. The summed E-state index contributed by atoms with van der Waals surface area (Å²) in [7, 11) is 0. The number of amides is 3. The van der Waals surface area contributed by atoms with Gasteiger partial charge in [-0.2, -0.15) is 0 Å². The molecule has 1 N–H and O–H groups in total. The lowest BCUT2D eigenvalue weighted by molar-refractivity contribution is -0.116. The van der Waals surface area contributed by atoms with Crippen molar-refractivity contribution in [2.24, 2.45) is 0 Å². The molecule has 0 saturated heterocycles. The summed E-state index contributed by atoms with van der Waals surface area (Å²) in [5.41, 5.74) is 1.28. The summed E-state index contributed by atoms with van der Waals surface area (Å²) in [6.45, 7) is 1.29. The maximum Gasteiger partial charge on any atom is 0.262 e. The fourth-order valence-corrected chi connectivity index (χ4v) is 2.84. The van der Waals surface area contributed by atoms with Gasteiger partial charge in [0.25, 0.3) is 11.8 Å². The van der Waals surface area contributed by atoms with Gasteiger partial charge in [0.05, 0.1) is 16.8 Å². The average Bonchev–Trinajstić information content (AvgIpc) is 2.75. The topological polar surface area (TPSA) is 66.5 Å². The minimum Gasteiger partial charge on any atom is -0.322 e. The van der Waals surface area contributed by atoms with E-state index in [0.717, 1.165) is 10.5 Å². The Morgan fingerprint density at radius 3 is 2.58 bits per heavy atom. The van der Waals surface area contributed by atoms with Crippen LogP contribution in [0, 0.1) is 12.7 Å². The standard InChI is InChI=1S/C17H12BrFN2O3/c1-9-2-5-13(19)14(6-9)20-15(22)8-21-16(23)11-4-3-10(18)7-12(11)17(21)24/h2-7H,8H2,1H3,(H,20,22). The summed E-state index contributed by atoms with van der Waals surface area (Å²) in [5, 5.41) is 2.39. The summed E-state index contributed by atoms with van der Waals surface area (Å²) < 4.78 is 14.4. The molecule has 0 spiro atoms. The van der Waals surface area contributed by atoms with Crippen molar-refractivity contribution in [1.29, 1.82) is 0 Å². The van der Waals surface area contributed by atoms with Gasteiger partial charge in [-0.05, 0) is 42.8 Å². The van der Waals surface area contributed by atoms with E-state index in [-0.39, 0.29) is 16.8 Å². The van der Waals surface area contributed by atoms with E-state index in [1.807, 2.05) is 0 Å². The van der Waals surface area contributed by atoms with Crippen LogP contribution in [0.1, 0.15) is 26.3 Å². The van der Waals surface area contributed by atoms with E-state index in [2.05, 4.69) is 21.2 Å². The van der Waals surface area contributed by atoms with Crippen LogP contribution in [0.2, 0.25) is 0 Å². The molecule has 2 aromatic carbocycles. The monoisotopic (exact) mass is 390 g/mol. The first kappa shape index (κ1) is 16.3. The highest BCUT2D eigenvalue weighted by molar-refractivity contribution is 9.10. The molecular weight excluding hydrogens is 379 g/mol. The zero-order chi connectivity index (χ0) is 17.4. The number of halogens is 2. The molecule has 7 heteroatoms. The van der Waals surface area contributed by atoms with E-state index in [1.54, 1.807) is 19.1 Å². The van der Waals surface area contributed by atoms with Crippen LogP contribution in [0.15, 0.2) is 40.9 Å². The largest absolute Gasteiger partial charge is 0.322 e. The van der Waals surface area contributed by atoms with E-state index in [1.165, 1.54) is 24.3 Å². The molecule has 1 aliphatic heterocycles. The molecule has 0 atom stereocenters. The molecule has 0 bridgehead atoms. The summed E-state index contributed by atoms with van der Waals surface area (Å²) >= 11 is 3.24. The Bertz CT molecular complexity index is 882. The molecule has 3 amide bonds. The van der Waals surface area contributed by atoms with E-state index in [9.17, 15) is 18.8 Å². The second kappa shape index (κ2) is 6.16. The van der Waals surface area contributed by atoms with Crippen molar-refractivity contribution in [3.63, 3.8) is 0 Å². The van der Waals surface area contributed by atoms with Gasteiger partial charge in [0.15, 0.2) is 0 Å². The van der Waals surface area contributed by atoms with Gasteiger partial charge in [-0.1, -0.05) is 22.0 Å². The molecule has 5 nitrogen and oxygen atoms in total. The molecule has 24 heavy (non-hydrogen) atoms. The average molecular weight is 391 g/mol. The predicted molar refractivity (Wildman–Crippen MR) is 89.3 cm³/mol. The quantitative estimate of drug-likeness (QED) is 0.818. The van der Waals surface area contributed by atoms with Crippen molar-refractivity contribution in [1.82, 2.24) is 4.90 Å². The molecule has 0 radical (unpaired) electrons. The van der Waals surface area contributed by atoms with E-state index in [4.69, 9.17) is 0 Å². The number of hydrogen-bond donors (Lipinski definition) is 1. The van der Waals surface area contributed by atoms with Crippen LogP contribution in [0.4, 0.5) is 10.1 Å². The van der Waals surface area contributed by atoms with Gasteiger partial charge < -0.3 is 5.32 Å². The van der Waals surface area contributed by atoms with Crippen molar-refractivity contribution >= 4 is 39.3 Å². The first-order valence-corrected chi connectivity index (χ1v) is 7.88. The number of aryl methyl sites for hydroxylation is 1. The third-order valence-corrected chi connectivity index (χ3v) is 4.12. The van der Waals surface area contributed by atoms with Crippen molar-refractivity contribution < 1.29 is 18.8 Å². The third-order valence-electron chi connectivity index (χ3n) is 3.63. The van der Waals surface area contributed by atoms with Crippen LogP contribution < -0.4 is 5.32 Å². The smallest absolute Gasteiger partial charge is 0.262 e. The Balaban J connectivity index is 1.77. The highest BCUT2D eigenvalue weighted by Gasteiger charge is 2.36. The minimum absolute atomic E-state index is 0.0133. The van der Waals surface area contributed by atoms with E-state index in [0.29, 0.717) is 4.47 Å². The summed E-state index contributed by atoms with van der Waals surface area (Å²) in [5.74, 6) is -2.31. The van der Waals surface area contributed by atoms with Crippen LogP contribution in [-0.4, -0.2) is 29.2 Å². The van der Waals surface area contributed by atoms with Gasteiger partial charge >= 0.3 is 0 Å². The van der Waals surface area contributed by atoms with Crippen LogP contribution in [0.25, 0.3) is 0 Å². The number of nitrogens with one attached hydrogen (secondary N) is 1. The van der Waals surface area contributed by atoms with Crippen LogP contribution in [0.5, 0.6) is 0 Å². The molecule has 0 aliphatic carbocycles. The first-order valence-electron chi connectivity index (χ1n) is 7.08. The normalized spacial score (nSPS) is 13.2. The Morgan fingerprint density at radius 1 is 1.12 bits per heavy atom. The number of carbonyl (C=O) groups is 3. The predicted octanol–water partition coefficient (Wildman–Crippen LogP) is 3.13. The van der Waals surface area contributed by atoms with Gasteiger partial charge in [0, 0.05) is 4.47 Å². The molecule has 122 valence electrons. The van der Waals surface area contributed by atoms with E-state index < -0.39 is 30.1 Å². The number of imide groups is 1. The number of nitrogens with zero attached hydrogens (tertiary/aromatic N) is 1. The van der Waals surface area contributed by atoms with E-state index >= 15 is 0 Å². The molecule has 0 saturated carbocycles. The SMILES string of the molecule is Cc1ccc(F)c(NC(=O)CN2C(=O)c3ccc(Br)cc3C2=O)c1. The van der Waals surface area contributed by atoms with Crippen LogP contribution in [0.3, 0.4) is 0 Å². The van der Waals surface area contributed by atoms with Gasteiger partial charge in [-0.15, -0.1) is 0 Å². The van der Waals surface area contributed by atoms with Crippen molar-refractivity contribution in [3.8, 4) is 0 Å². The Hall–Kier alpha value is -2.54. The number of carbonyl (C=O) groups excluding carboxylic acids is 3. The van der Waals surface area contributed by atoms with Crippen LogP contribution in [-0.2, 0) is 4.79 Å². The van der Waals surface area contributed by atoms with Gasteiger partial charge in [0.1, 0.15) is 12.4 Å². The summed E-state index contributed by atoms with van der Waals surface area (Å²) in [4.78, 5) is 37.5. The Morgan fingerprint density at radius 2 is 1.83 bits per heavy atom. The fourth-order valence-electron chi connectivity index (χ4n) is 2.47. The Kier molecular flexibility index (Phi) is 4.19. The zero-order valence-electron chi connectivity index (χ0n) is 12.6. The maximum atomic E-state index is 13.7. The zero-order valence-corrected chi connectivity index (χ0v) is 14.2. The molecule has 2 aromatic rings. The molecule has 1 heterocycles. The first-order chi connectivity index (χ1) is 11.4. The van der Waals surface area contributed by atoms with Crippen LogP contribution >= 0.6 is 15.9 Å². The van der Waals surface area contributed by atoms with Crippen molar-refractivity contribution in [2.45, 2.75) is 6.92 Å². The summed E-state index contributed by atoms with van der Waals surface area (Å²) in [6, 6.07) is 9.01. The maximum absolute atomic E-state index is 13.7. The van der Waals surface area contributed by atoms with Crippen molar-refractivity contribution in [3.05, 3.63) is 63.4 Å². The van der Waals surface area contributed by atoms with Gasteiger partial charge in [-0.3, -0.25) is 19.3 Å². The molecule has 3 rings (SSSR count). The molecule has 0 fully saturated rings. The number of fused-ring (bicyclic) bond motifs is 1. The lowest BCUT2D eigenvalue weighted by Crippen LogP contribution is -2.37. The minimum atomic E-state index is -0.645. The number of anilines is 1.